The first-order chi connectivity index (χ1) is 11.4. The van der Waals surface area contributed by atoms with E-state index < -0.39 is 16.0 Å². The number of esters is 1. The highest BCUT2D eigenvalue weighted by molar-refractivity contribution is 7.89. The molecule has 0 spiro atoms. The number of nitrogens with zero attached hydrogens (tertiary/aromatic N) is 2. The Bertz CT molecular complexity index is 903. The van der Waals surface area contributed by atoms with Gasteiger partial charge >= 0.3 is 5.97 Å². The number of para-hydroxylation sites is 1. The van der Waals surface area contributed by atoms with Crippen LogP contribution in [0.2, 0.25) is 0 Å². The fourth-order valence-electron chi connectivity index (χ4n) is 1.84. The summed E-state index contributed by atoms with van der Waals surface area (Å²) < 4.78 is 30.3. The van der Waals surface area contributed by atoms with Gasteiger partial charge in [0, 0.05) is 7.05 Å². The second-order valence-electron chi connectivity index (χ2n) is 4.62. The molecule has 0 aliphatic heterocycles. The van der Waals surface area contributed by atoms with Gasteiger partial charge in [-0.05, 0) is 30.3 Å². The molecule has 124 valence electrons. The van der Waals surface area contributed by atoms with E-state index in [1.165, 1.54) is 50.6 Å². The van der Waals surface area contributed by atoms with Crippen molar-refractivity contribution in [2.75, 3.05) is 14.2 Å². The summed E-state index contributed by atoms with van der Waals surface area (Å²) in [6.45, 7) is 0. The van der Waals surface area contributed by atoms with Crippen LogP contribution in [0.1, 0.15) is 15.9 Å². The van der Waals surface area contributed by atoms with Gasteiger partial charge in [0.15, 0.2) is 0 Å². The molecule has 7 nitrogen and oxygen atoms in total. The summed E-state index contributed by atoms with van der Waals surface area (Å²) in [5.41, 5.74) is 0.238. The fourth-order valence-corrected chi connectivity index (χ4v) is 2.86. The number of hydrogen-bond acceptors (Lipinski definition) is 6. The molecule has 0 unspecified atom stereocenters. The maximum absolute atomic E-state index is 12.2. The van der Waals surface area contributed by atoms with Crippen LogP contribution in [0.4, 0.5) is 0 Å². The minimum Gasteiger partial charge on any atom is -0.422 e. The summed E-state index contributed by atoms with van der Waals surface area (Å²) in [6, 6.07) is 13.5. The number of carbonyl (C=O) groups is 1. The molecule has 0 fully saturated rings. The highest BCUT2D eigenvalue weighted by atomic mass is 32.2. The van der Waals surface area contributed by atoms with Gasteiger partial charge in [-0.2, -0.15) is 5.26 Å². The average molecular weight is 346 g/mol. The molecule has 2 aromatic carbocycles. The number of sulfonamides is 1. The maximum atomic E-state index is 12.2. The van der Waals surface area contributed by atoms with Crippen molar-refractivity contribution in [3.05, 3.63) is 59.7 Å². The van der Waals surface area contributed by atoms with Gasteiger partial charge < -0.3 is 4.74 Å². The predicted octanol–water partition coefficient (Wildman–Crippen LogP) is 1.96. The molecule has 0 heterocycles. The second kappa shape index (κ2) is 7.23. The molecule has 24 heavy (non-hydrogen) atoms. The number of hydrogen-bond donors (Lipinski definition) is 0. The Balaban J connectivity index is 2.32. The highest BCUT2D eigenvalue weighted by Crippen LogP contribution is 2.20. The van der Waals surface area contributed by atoms with E-state index in [1.54, 1.807) is 12.1 Å². The third kappa shape index (κ3) is 3.60. The zero-order valence-corrected chi connectivity index (χ0v) is 13.8. The molecular weight excluding hydrogens is 332 g/mol. The monoisotopic (exact) mass is 346 g/mol. The first kappa shape index (κ1) is 17.6. The Labute approximate surface area is 139 Å². The average Bonchev–Trinajstić information content (AvgIpc) is 2.61. The van der Waals surface area contributed by atoms with Crippen LogP contribution < -0.4 is 4.74 Å². The topological polar surface area (TPSA) is 96.7 Å². The third-order valence-electron chi connectivity index (χ3n) is 3.17. The zero-order chi connectivity index (χ0) is 17.7. The van der Waals surface area contributed by atoms with Crippen molar-refractivity contribution in [1.82, 2.24) is 4.47 Å². The lowest BCUT2D eigenvalue weighted by molar-refractivity contribution is -0.0258. The number of carbonyl (C=O) groups excluding carboxylic acids is 1. The van der Waals surface area contributed by atoms with Gasteiger partial charge in [0.05, 0.1) is 23.1 Å². The molecule has 0 radical (unpaired) electrons. The van der Waals surface area contributed by atoms with Crippen LogP contribution in [0.5, 0.6) is 5.75 Å². The van der Waals surface area contributed by atoms with Gasteiger partial charge in [-0.15, -0.1) is 0 Å². The van der Waals surface area contributed by atoms with Gasteiger partial charge in [-0.1, -0.05) is 22.7 Å². The molecule has 0 saturated carbocycles. The lowest BCUT2D eigenvalue weighted by atomic mass is 10.2. The lowest BCUT2D eigenvalue weighted by Crippen LogP contribution is -2.26. The Morgan fingerprint density at radius 2 is 1.88 bits per heavy atom. The molecule has 0 aliphatic carbocycles. The molecule has 0 aliphatic rings. The molecule has 2 rings (SSSR count). The number of nitriles is 1. The molecule has 0 atom stereocenters. The molecule has 0 N–H and O–H groups in total. The van der Waals surface area contributed by atoms with E-state index in [9.17, 15) is 13.2 Å². The van der Waals surface area contributed by atoms with Crippen LogP contribution in [0.15, 0.2) is 53.4 Å². The summed E-state index contributed by atoms with van der Waals surface area (Å²) in [6.07, 6.45) is 0. The van der Waals surface area contributed by atoms with Crippen molar-refractivity contribution in [1.29, 1.82) is 5.26 Å². The van der Waals surface area contributed by atoms with Crippen molar-refractivity contribution in [3.8, 4) is 11.8 Å². The Morgan fingerprint density at radius 1 is 1.17 bits per heavy atom. The van der Waals surface area contributed by atoms with Gasteiger partial charge in [0.1, 0.15) is 11.8 Å². The molecular formula is C16H14N2O5S. The second-order valence-corrected chi connectivity index (χ2v) is 6.56. The smallest absolute Gasteiger partial charge is 0.343 e. The van der Waals surface area contributed by atoms with Crippen molar-refractivity contribution >= 4 is 16.0 Å². The Hall–Kier alpha value is -2.73. The zero-order valence-electron chi connectivity index (χ0n) is 13.0. The van der Waals surface area contributed by atoms with Crippen LogP contribution in [-0.4, -0.2) is 33.0 Å². The van der Waals surface area contributed by atoms with Crippen molar-refractivity contribution in [2.24, 2.45) is 0 Å². The largest absolute Gasteiger partial charge is 0.422 e. The molecule has 2 aromatic rings. The molecule has 8 heteroatoms. The fraction of sp³-hybridized carbons (Fsp3) is 0.125. The highest BCUT2D eigenvalue weighted by Gasteiger charge is 2.22. The van der Waals surface area contributed by atoms with E-state index in [-0.39, 0.29) is 21.8 Å². The van der Waals surface area contributed by atoms with Crippen LogP contribution >= 0.6 is 0 Å². The summed E-state index contributed by atoms with van der Waals surface area (Å²) in [7, 11) is -1.42. The van der Waals surface area contributed by atoms with E-state index in [0.717, 1.165) is 0 Å². The van der Waals surface area contributed by atoms with Crippen LogP contribution in [-0.2, 0) is 14.9 Å². The van der Waals surface area contributed by atoms with Crippen LogP contribution in [0, 0.1) is 11.3 Å². The summed E-state index contributed by atoms with van der Waals surface area (Å²) in [5.74, 6) is -0.665. The standard InChI is InChI=1S/C16H14N2O5S/c1-18(22-2)24(20,21)14-8-5-7-12(10-14)16(19)23-15-9-4-3-6-13(15)11-17/h3-10H,1-2H3. The number of hydroxylamine groups is 1. The van der Waals surface area contributed by atoms with Crippen LogP contribution in [0.25, 0.3) is 0 Å². The lowest BCUT2D eigenvalue weighted by Gasteiger charge is -2.14. The van der Waals surface area contributed by atoms with E-state index in [4.69, 9.17) is 10.00 Å². The summed E-state index contributed by atoms with van der Waals surface area (Å²) in [4.78, 5) is 16.8. The normalized spacial score (nSPS) is 11.1. The van der Waals surface area contributed by atoms with Crippen molar-refractivity contribution < 1.29 is 22.8 Å². The Kier molecular flexibility index (Phi) is 5.31. The minimum absolute atomic E-state index is 0.0355. The first-order valence-electron chi connectivity index (χ1n) is 6.74. The van der Waals surface area contributed by atoms with Gasteiger partial charge in [0.25, 0.3) is 10.0 Å². The molecule has 0 aromatic heterocycles. The number of benzene rings is 2. The number of ether oxygens (including phenoxy) is 1. The van der Waals surface area contributed by atoms with Gasteiger partial charge in [-0.25, -0.2) is 13.2 Å². The van der Waals surface area contributed by atoms with Gasteiger partial charge in [0.2, 0.25) is 0 Å². The van der Waals surface area contributed by atoms with E-state index in [0.29, 0.717) is 4.47 Å². The van der Waals surface area contributed by atoms with Crippen molar-refractivity contribution in [2.45, 2.75) is 4.90 Å². The summed E-state index contributed by atoms with van der Waals surface area (Å²) >= 11 is 0. The van der Waals surface area contributed by atoms with E-state index in [1.807, 2.05) is 6.07 Å². The minimum atomic E-state index is -3.88. The van der Waals surface area contributed by atoms with Crippen molar-refractivity contribution in [3.63, 3.8) is 0 Å². The van der Waals surface area contributed by atoms with Crippen LogP contribution in [0.3, 0.4) is 0 Å². The van der Waals surface area contributed by atoms with Gasteiger partial charge in [-0.3, -0.25) is 4.84 Å². The predicted molar refractivity (Wildman–Crippen MR) is 84.5 cm³/mol. The Morgan fingerprint density at radius 3 is 2.54 bits per heavy atom. The first-order valence-corrected chi connectivity index (χ1v) is 8.18. The van der Waals surface area contributed by atoms with E-state index >= 15 is 0 Å². The molecule has 0 bridgehead atoms. The molecule has 0 saturated heterocycles. The quantitative estimate of drug-likeness (QED) is 0.466. The summed E-state index contributed by atoms with van der Waals surface area (Å²) in [5, 5.41) is 9.00. The maximum Gasteiger partial charge on any atom is 0.343 e. The third-order valence-corrected chi connectivity index (χ3v) is 4.85. The SMILES string of the molecule is CON(C)S(=O)(=O)c1cccc(C(=O)Oc2ccccc2C#N)c1. The number of rotatable bonds is 5. The molecule has 0 amide bonds. The van der Waals surface area contributed by atoms with E-state index in [2.05, 4.69) is 4.84 Å².